The molecule has 4 heterocycles. The largest absolute Gasteiger partial charge is 0.465 e. The summed E-state index contributed by atoms with van der Waals surface area (Å²) in [6, 6.07) is 3.95. The fourth-order valence-corrected chi connectivity index (χ4v) is 4.15. The molecule has 0 saturated carbocycles. The lowest BCUT2D eigenvalue weighted by molar-refractivity contribution is -0.0386. The van der Waals surface area contributed by atoms with E-state index in [2.05, 4.69) is 20.9 Å². The number of carbonyl (C=O) groups excluding carboxylic acids is 2. The first kappa shape index (κ1) is 19.0. The summed E-state index contributed by atoms with van der Waals surface area (Å²) in [5.74, 6) is -0.463. The van der Waals surface area contributed by atoms with Crippen molar-refractivity contribution < 1.29 is 23.5 Å². The van der Waals surface area contributed by atoms with Gasteiger partial charge in [-0.1, -0.05) is 0 Å². The monoisotopic (exact) mass is 451 g/mol. The van der Waals surface area contributed by atoms with Gasteiger partial charge in [0.1, 0.15) is 11.1 Å². The van der Waals surface area contributed by atoms with Crippen LogP contribution in [0.15, 0.2) is 21.0 Å². The van der Waals surface area contributed by atoms with Gasteiger partial charge < -0.3 is 18.8 Å². The minimum absolute atomic E-state index is 0.0622. The third kappa shape index (κ3) is 3.21. The number of benzene rings is 1. The standard InChI is InChI=1S/C19H22BrN3O5/c1-19(2,3)28-18(25)23-10-7-11(23)9-22(8-10)17-21-14-12(16(24)26-4)5-6-13(20)15(14)27-17/h5-6,10-11H,7-9H2,1-4H3. The summed E-state index contributed by atoms with van der Waals surface area (Å²) in [7, 11) is 1.33. The van der Waals surface area contributed by atoms with E-state index in [1.807, 2.05) is 25.7 Å². The van der Waals surface area contributed by atoms with Crippen molar-refractivity contribution in [1.29, 1.82) is 0 Å². The Bertz CT molecular complexity index is 939. The lowest BCUT2D eigenvalue weighted by Gasteiger charge is -2.55. The SMILES string of the molecule is COC(=O)c1ccc(Br)c2oc(N3CC4CC(C3)N4C(=O)OC(C)(C)C)nc12. The van der Waals surface area contributed by atoms with Gasteiger partial charge in [0, 0.05) is 13.1 Å². The highest BCUT2D eigenvalue weighted by molar-refractivity contribution is 9.10. The molecule has 0 radical (unpaired) electrons. The average molecular weight is 452 g/mol. The van der Waals surface area contributed by atoms with Crippen molar-refractivity contribution in [1.82, 2.24) is 9.88 Å². The average Bonchev–Trinajstić information content (AvgIpc) is 3.06. The number of methoxy groups -OCH3 is 1. The van der Waals surface area contributed by atoms with Crippen LogP contribution in [0.5, 0.6) is 0 Å². The Kier molecular flexibility index (Phi) is 4.52. The quantitative estimate of drug-likeness (QED) is 0.644. The molecular weight excluding hydrogens is 430 g/mol. The van der Waals surface area contributed by atoms with Gasteiger partial charge in [-0.05, 0) is 55.3 Å². The van der Waals surface area contributed by atoms with Gasteiger partial charge >= 0.3 is 12.1 Å². The molecule has 9 heteroatoms. The maximum Gasteiger partial charge on any atom is 0.410 e. The predicted octanol–water partition coefficient (Wildman–Crippen LogP) is 3.57. The van der Waals surface area contributed by atoms with Crippen LogP contribution >= 0.6 is 15.9 Å². The molecule has 0 aliphatic carbocycles. The molecule has 1 aromatic carbocycles. The van der Waals surface area contributed by atoms with Crippen molar-refractivity contribution in [2.75, 3.05) is 25.1 Å². The van der Waals surface area contributed by atoms with Gasteiger partial charge in [0.25, 0.3) is 6.01 Å². The Hall–Kier alpha value is -2.29. The normalized spacial score (nSPS) is 21.5. The number of oxazole rings is 1. The van der Waals surface area contributed by atoms with Gasteiger partial charge in [0.2, 0.25) is 0 Å². The number of hydrogen-bond donors (Lipinski definition) is 0. The number of amides is 1. The Labute approximate surface area is 170 Å². The summed E-state index contributed by atoms with van der Waals surface area (Å²) in [5.41, 5.74) is 0.797. The number of halogens is 1. The maximum absolute atomic E-state index is 12.4. The number of esters is 1. The number of rotatable bonds is 2. The van der Waals surface area contributed by atoms with Crippen LogP contribution in [-0.2, 0) is 9.47 Å². The predicted molar refractivity (Wildman–Crippen MR) is 106 cm³/mol. The Morgan fingerprint density at radius 1 is 1.25 bits per heavy atom. The Balaban J connectivity index is 1.56. The van der Waals surface area contributed by atoms with E-state index >= 15 is 0 Å². The van der Waals surface area contributed by atoms with Crippen LogP contribution in [0.3, 0.4) is 0 Å². The van der Waals surface area contributed by atoms with Crippen molar-refractivity contribution in [3.05, 3.63) is 22.2 Å². The van der Waals surface area contributed by atoms with Crippen LogP contribution < -0.4 is 4.90 Å². The number of anilines is 1. The second-order valence-corrected chi connectivity index (χ2v) is 8.95. The van der Waals surface area contributed by atoms with Gasteiger partial charge in [-0.2, -0.15) is 4.98 Å². The topological polar surface area (TPSA) is 85.1 Å². The first-order chi connectivity index (χ1) is 13.2. The molecule has 0 spiro atoms. The second-order valence-electron chi connectivity index (χ2n) is 8.10. The summed E-state index contributed by atoms with van der Waals surface area (Å²) in [5, 5.41) is 0. The number of carbonyl (C=O) groups is 2. The zero-order chi connectivity index (χ0) is 20.2. The smallest absolute Gasteiger partial charge is 0.410 e. The third-order valence-corrected chi connectivity index (χ3v) is 5.58. The number of piperidine rings is 1. The molecule has 3 saturated heterocycles. The summed E-state index contributed by atoms with van der Waals surface area (Å²) in [6.07, 6.45) is 0.661. The molecule has 8 nitrogen and oxygen atoms in total. The molecule has 5 rings (SSSR count). The van der Waals surface area contributed by atoms with Gasteiger partial charge in [0.05, 0.1) is 29.2 Å². The molecule has 2 atom stereocenters. The van der Waals surface area contributed by atoms with E-state index in [-0.39, 0.29) is 18.2 Å². The van der Waals surface area contributed by atoms with Gasteiger partial charge in [0.15, 0.2) is 5.58 Å². The first-order valence-corrected chi connectivity index (χ1v) is 9.91. The lowest BCUT2D eigenvalue weighted by atomic mass is 9.88. The van der Waals surface area contributed by atoms with Gasteiger partial charge in [-0.15, -0.1) is 0 Å². The fourth-order valence-electron chi connectivity index (χ4n) is 3.75. The van der Waals surface area contributed by atoms with Crippen molar-refractivity contribution in [2.24, 2.45) is 0 Å². The number of hydrogen-bond acceptors (Lipinski definition) is 7. The number of piperazine rings is 1. The van der Waals surface area contributed by atoms with Gasteiger partial charge in [-0.3, -0.25) is 4.90 Å². The van der Waals surface area contributed by atoms with E-state index in [9.17, 15) is 9.59 Å². The zero-order valence-electron chi connectivity index (χ0n) is 16.2. The molecule has 3 aliphatic rings. The van der Waals surface area contributed by atoms with Crippen LogP contribution in [0.2, 0.25) is 0 Å². The van der Waals surface area contributed by atoms with Crippen molar-refractivity contribution >= 4 is 45.1 Å². The summed E-state index contributed by atoms with van der Waals surface area (Å²) in [6.45, 7) is 6.80. The molecule has 1 aromatic heterocycles. The van der Waals surface area contributed by atoms with E-state index < -0.39 is 11.6 Å². The van der Waals surface area contributed by atoms with Gasteiger partial charge in [-0.25, -0.2) is 9.59 Å². The number of nitrogens with zero attached hydrogens (tertiary/aromatic N) is 3. The molecule has 2 unspecified atom stereocenters. The van der Waals surface area contributed by atoms with E-state index in [0.29, 0.717) is 40.2 Å². The molecular formula is C19H22BrN3O5. The van der Waals surface area contributed by atoms with E-state index in [4.69, 9.17) is 13.9 Å². The van der Waals surface area contributed by atoms with E-state index in [1.54, 1.807) is 17.0 Å². The molecule has 1 amide bonds. The molecule has 2 aromatic rings. The van der Waals surface area contributed by atoms with Crippen LogP contribution in [0.4, 0.5) is 10.8 Å². The van der Waals surface area contributed by atoms with E-state index in [0.717, 1.165) is 6.42 Å². The summed E-state index contributed by atoms with van der Waals surface area (Å²) < 4.78 is 17.0. The Morgan fingerprint density at radius 3 is 2.54 bits per heavy atom. The number of aromatic nitrogens is 1. The Morgan fingerprint density at radius 2 is 1.93 bits per heavy atom. The highest BCUT2D eigenvalue weighted by Gasteiger charge is 2.49. The van der Waals surface area contributed by atoms with E-state index in [1.165, 1.54) is 7.11 Å². The summed E-state index contributed by atoms with van der Waals surface area (Å²) in [4.78, 5) is 32.8. The molecule has 3 aliphatic heterocycles. The van der Waals surface area contributed by atoms with Crippen molar-refractivity contribution in [3.63, 3.8) is 0 Å². The molecule has 150 valence electrons. The molecule has 3 fully saturated rings. The third-order valence-electron chi connectivity index (χ3n) is 4.96. The second kappa shape index (κ2) is 6.65. The fraction of sp³-hybridized carbons (Fsp3) is 0.526. The van der Waals surface area contributed by atoms with Crippen LogP contribution in [0.1, 0.15) is 37.6 Å². The van der Waals surface area contributed by atoms with Crippen molar-refractivity contribution in [3.8, 4) is 0 Å². The maximum atomic E-state index is 12.4. The van der Waals surface area contributed by atoms with Crippen LogP contribution in [-0.4, -0.2) is 59.8 Å². The van der Waals surface area contributed by atoms with Crippen LogP contribution in [0, 0.1) is 0 Å². The molecule has 0 N–H and O–H groups in total. The number of ether oxygens (including phenoxy) is 2. The molecule has 28 heavy (non-hydrogen) atoms. The van der Waals surface area contributed by atoms with Crippen molar-refractivity contribution in [2.45, 2.75) is 44.9 Å². The zero-order valence-corrected chi connectivity index (χ0v) is 17.8. The first-order valence-electron chi connectivity index (χ1n) is 9.11. The van der Waals surface area contributed by atoms with Crippen LogP contribution in [0.25, 0.3) is 11.1 Å². The molecule has 2 bridgehead atoms. The highest BCUT2D eigenvalue weighted by atomic mass is 79.9. The number of fused-ring (bicyclic) bond motifs is 3. The lowest BCUT2D eigenvalue weighted by Crippen LogP contribution is -2.70. The minimum atomic E-state index is -0.516. The minimum Gasteiger partial charge on any atom is -0.465 e. The summed E-state index contributed by atoms with van der Waals surface area (Å²) >= 11 is 3.44. The highest BCUT2D eigenvalue weighted by Crippen LogP contribution is 2.38.